The first kappa shape index (κ1) is 22.5. The molecular weight excluding hydrogens is 456 g/mol. The minimum atomic E-state index is -0.482. The monoisotopic (exact) mass is 482 g/mol. The van der Waals surface area contributed by atoms with Crippen molar-refractivity contribution < 1.29 is 23.9 Å². The van der Waals surface area contributed by atoms with Crippen LogP contribution < -0.4 is 4.74 Å². The Hall–Kier alpha value is -3.97. The Morgan fingerprint density at radius 1 is 1.11 bits per heavy atom. The molecule has 3 heterocycles. The minimum absolute atomic E-state index is 0.0133. The van der Waals surface area contributed by atoms with E-state index >= 15 is 0 Å². The third-order valence-electron chi connectivity index (χ3n) is 6.99. The number of carbonyl (C=O) groups is 2. The summed E-state index contributed by atoms with van der Waals surface area (Å²) in [6.07, 6.45) is 2.23. The van der Waals surface area contributed by atoms with E-state index in [0.29, 0.717) is 22.6 Å². The molecule has 2 aliphatic heterocycles. The summed E-state index contributed by atoms with van der Waals surface area (Å²) in [4.78, 5) is 29.6. The topological polar surface area (TPSA) is 79.1 Å². The molecule has 7 nitrogen and oxygen atoms in total. The molecule has 36 heavy (non-hydrogen) atoms. The Morgan fingerprint density at radius 2 is 1.94 bits per heavy atom. The van der Waals surface area contributed by atoms with Gasteiger partial charge in [-0.25, -0.2) is 4.79 Å². The molecule has 4 aromatic rings. The van der Waals surface area contributed by atoms with Gasteiger partial charge in [-0.2, -0.15) is 0 Å². The van der Waals surface area contributed by atoms with E-state index in [4.69, 9.17) is 14.3 Å². The van der Waals surface area contributed by atoms with Crippen LogP contribution in [0.5, 0.6) is 5.75 Å². The van der Waals surface area contributed by atoms with Crippen molar-refractivity contribution >= 4 is 39.3 Å². The second-order valence-electron chi connectivity index (χ2n) is 9.37. The van der Waals surface area contributed by atoms with Gasteiger partial charge >= 0.3 is 5.97 Å². The average Bonchev–Trinajstić information content (AvgIpc) is 3.61. The summed E-state index contributed by atoms with van der Waals surface area (Å²) in [7, 11) is 0. The van der Waals surface area contributed by atoms with E-state index < -0.39 is 5.97 Å². The predicted octanol–water partition coefficient (Wildman–Crippen LogP) is 5.17. The van der Waals surface area contributed by atoms with Gasteiger partial charge in [0, 0.05) is 47.7 Å². The number of benzene rings is 3. The van der Waals surface area contributed by atoms with Crippen molar-refractivity contribution in [3.05, 3.63) is 76.9 Å². The van der Waals surface area contributed by atoms with Gasteiger partial charge in [-0.1, -0.05) is 29.4 Å². The molecule has 7 heteroatoms. The van der Waals surface area contributed by atoms with Crippen molar-refractivity contribution in [2.75, 3.05) is 13.2 Å². The molecule has 1 fully saturated rings. The maximum Gasteiger partial charge on any atom is 0.331 e. The number of hydrogen-bond donors (Lipinski definition) is 0. The van der Waals surface area contributed by atoms with E-state index in [1.807, 2.05) is 61.5 Å². The van der Waals surface area contributed by atoms with Crippen molar-refractivity contribution in [3.8, 4) is 5.75 Å². The lowest BCUT2D eigenvalue weighted by atomic mass is 9.97. The summed E-state index contributed by atoms with van der Waals surface area (Å²) in [5.74, 6) is 0.195. The number of rotatable bonds is 5. The fourth-order valence-corrected chi connectivity index (χ4v) is 5.26. The minimum Gasteiger partial charge on any atom is -0.486 e. The molecule has 0 spiro atoms. The Kier molecular flexibility index (Phi) is 5.57. The molecule has 0 aliphatic carbocycles. The van der Waals surface area contributed by atoms with Crippen LogP contribution in [-0.4, -0.2) is 41.3 Å². The molecule has 1 unspecified atom stereocenters. The number of ether oxygens (including phenoxy) is 2. The van der Waals surface area contributed by atoms with Gasteiger partial charge in [0.15, 0.2) is 5.78 Å². The summed E-state index contributed by atoms with van der Waals surface area (Å²) in [6, 6.07) is 17.5. The van der Waals surface area contributed by atoms with Crippen LogP contribution in [0.2, 0.25) is 0 Å². The van der Waals surface area contributed by atoms with E-state index in [9.17, 15) is 9.59 Å². The highest BCUT2D eigenvalue weighted by molar-refractivity contribution is 6.20. The van der Waals surface area contributed by atoms with E-state index in [1.165, 1.54) is 6.92 Å². The Labute approximate surface area is 208 Å². The molecule has 0 N–H and O–H groups in total. The first-order valence-corrected chi connectivity index (χ1v) is 12.2. The van der Waals surface area contributed by atoms with Crippen LogP contribution in [0.3, 0.4) is 0 Å². The predicted molar refractivity (Wildman–Crippen MR) is 137 cm³/mol. The zero-order valence-corrected chi connectivity index (χ0v) is 20.2. The smallest absolute Gasteiger partial charge is 0.331 e. The fourth-order valence-electron chi connectivity index (χ4n) is 5.26. The van der Waals surface area contributed by atoms with Gasteiger partial charge in [0.25, 0.3) is 0 Å². The lowest BCUT2D eigenvalue weighted by Gasteiger charge is -2.13. The zero-order valence-electron chi connectivity index (χ0n) is 20.2. The maximum atomic E-state index is 13.4. The van der Waals surface area contributed by atoms with Crippen LogP contribution in [0, 0.1) is 6.92 Å². The molecule has 0 amide bonds. The van der Waals surface area contributed by atoms with Gasteiger partial charge in [-0.15, -0.1) is 0 Å². The summed E-state index contributed by atoms with van der Waals surface area (Å²) >= 11 is 0. The van der Waals surface area contributed by atoms with Crippen molar-refractivity contribution in [3.63, 3.8) is 0 Å². The molecule has 1 saturated heterocycles. The molecule has 0 saturated carbocycles. The summed E-state index contributed by atoms with van der Waals surface area (Å²) < 4.78 is 14.3. The highest BCUT2D eigenvalue weighted by Gasteiger charge is 2.28. The molecule has 1 aromatic heterocycles. The molecule has 2 aliphatic rings. The second-order valence-corrected chi connectivity index (χ2v) is 9.37. The average molecular weight is 483 g/mol. The second kappa shape index (κ2) is 8.91. The van der Waals surface area contributed by atoms with Gasteiger partial charge in [-0.05, 0) is 55.7 Å². The van der Waals surface area contributed by atoms with Crippen LogP contribution in [-0.2, 0) is 20.9 Å². The van der Waals surface area contributed by atoms with Crippen LogP contribution in [0.4, 0.5) is 0 Å². The van der Waals surface area contributed by atoms with Gasteiger partial charge in [0.1, 0.15) is 18.1 Å². The number of oxime groups is 1. The molecular formula is C29H26N2O5. The van der Waals surface area contributed by atoms with Gasteiger partial charge in [-0.3, -0.25) is 4.79 Å². The standard InChI is InChI=1S/C29H26N2O5/c1-17-6-3-4-8-21(17)28(33)19-9-11-25-23(14-19)27-26(31(25)15-20-7-5-13-34-20)12-10-22-24(16-35-29(22)27)30-36-18(2)32/h3-4,6,8-12,14,20H,5,7,13,15-16H2,1-2H3/b30-24+. The number of fused-ring (bicyclic) bond motifs is 5. The molecule has 0 bridgehead atoms. The SMILES string of the molecule is CC(=O)O/N=C1\COc2c1ccc1c2c2cc(C(=O)c3ccccc3C)ccc2n1CC1CCCO1. The van der Waals surface area contributed by atoms with Crippen molar-refractivity contribution in [1.82, 2.24) is 4.57 Å². The third kappa shape index (κ3) is 3.76. The first-order valence-electron chi connectivity index (χ1n) is 12.2. The maximum absolute atomic E-state index is 13.4. The molecule has 182 valence electrons. The van der Waals surface area contributed by atoms with Crippen molar-refractivity contribution in [2.45, 2.75) is 39.3 Å². The highest BCUT2D eigenvalue weighted by Crippen LogP contribution is 2.41. The lowest BCUT2D eigenvalue weighted by molar-refractivity contribution is -0.140. The third-order valence-corrected chi connectivity index (χ3v) is 6.99. The Balaban J connectivity index is 1.55. The molecule has 6 rings (SSSR count). The number of carbonyl (C=O) groups excluding carboxylic acids is 2. The Morgan fingerprint density at radius 3 is 2.72 bits per heavy atom. The summed E-state index contributed by atoms with van der Waals surface area (Å²) in [5.41, 5.74) is 5.64. The quantitative estimate of drug-likeness (QED) is 0.223. The molecule has 3 aromatic carbocycles. The van der Waals surface area contributed by atoms with E-state index in [0.717, 1.165) is 58.9 Å². The van der Waals surface area contributed by atoms with E-state index in [-0.39, 0.29) is 18.5 Å². The van der Waals surface area contributed by atoms with E-state index in [1.54, 1.807) is 0 Å². The summed E-state index contributed by atoms with van der Waals surface area (Å²) in [6.45, 7) is 4.98. The number of nitrogens with zero attached hydrogens (tertiary/aromatic N) is 2. The number of aryl methyl sites for hydroxylation is 1. The van der Waals surface area contributed by atoms with Crippen LogP contribution >= 0.6 is 0 Å². The van der Waals surface area contributed by atoms with Crippen molar-refractivity contribution in [1.29, 1.82) is 0 Å². The van der Waals surface area contributed by atoms with Crippen molar-refractivity contribution in [2.24, 2.45) is 5.16 Å². The van der Waals surface area contributed by atoms with Crippen LogP contribution in [0.15, 0.2) is 59.8 Å². The highest BCUT2D eigenvalue weighted by atomic mass is 16.7. The van der Waals surface area contributed by atoms with E-state index in [2.05, 4.69) is 9.72 Å². The fraction of sp³-hybridized carbons (Fsp3) is 0.276. The lowest BCUT2D eigenvalue weighted by Crippen LogP contribution is -2.14. The number of ketones is 1. The molecule has 0 radical (unpaired) electrons. The van der Waals surface area contributed by atoms with Gasteiger partial charge < -0.3 is 18.9 Å². The normalized spacial score (nSPS) is 18.1. The number of hydrogen-bond acceptors (Lipinski definition) is 6. The molecule has 1 atom stereocenters. The van der Waals surface area contributed by atoms with Gasteiger partial charge in [0.05, 0.1) is 17.0 Å². The first-order chi connectivity index (χ1) is 17.5. The largest absolute Gasteiger partial charge is 0.486 e. The summed E-state index contributed by atoms with van der Waals surface area (Å²) in [5, 5.41) is 5.86. The zero-order chi connectivity index (χ0) is 24.8. The van der Waals surface area contributed by atoms with Gasteiger partial charge in [0.2, 0.25) is 0 Å². The van der Waals surface area contributed by atoms with Crippen LogP contribution in [0.25, 0.3) is 21.8 Å². The Bertz CT molecular complexity index is 1560. The number of aromatic nitrogens is 1. The van der Waals surface area contributed by atoms with Crippen LogP contribution in [0.1, 0.15) is 46.8 Å².